The number of imide groups is 1. The van der Waals surface area contributed by atoms with Gasteiger partial charge < -0.3 is 24.6 Å². The van der Waals surface area contributed by atoms with Crippen LogP contribution in [0, 0.1) is 5.92 Å². The lowest BCUT2D eigenvalue weighted by Gasteiger charge is -2.44. The first kappa shape index (κ1) is 24.4. The number of carbonyl (C=O) groups excluding carboxylic acids is 3. The minimum atomic E-state index is -0.353. The number of pyridine rings is 1. The first-order valence-electron chi connectivity index (χ1n) is 12.1. The lowest BCUT2D eigenvalue weighted by molar-refractivity contribution is -0.144. The Kier molecular flexibility index (Phi) is 7.99. The molecule has 0 aromatic carbocycles. The number of aromatic nitrogens is 1. The maximum Gasteiger partial charge on any atom is 0.324 e. The van der Waals surface area contributed by atoms with Gasteiger partial charge in [0.25, 0.3) is 0 Å². The molecule has 34 heavy (non-hydrogen) atoms. The predicted molar refractivity (Wildman–Crippen MR) is 125 cm³/mol. The summed E-state index contributed by atoms with van der Waals surface area (Å²) in [6, 6.07) is 5.27. The number of hydrogen-bond donors (Lipinski definition) is 1. The van der Waals surface area contributed by atoms with Crippen LogP contribution in [0.1, 0.15) is 32.1 Å². The average Bonchev–Trinajstić information content (AvgIpc) is 2.88. The van der Waals surface area contributed by atoms with Gasteiger partial charge in [-0.3, -0.25) is 14.5 Å². The zero-order valence-corrected chi connectivity index (χ0v) is 20.0. The summed E-state index contributed by atoms with van der Waals surface area (Å²) in [5.74, 6) is 0.609. The van der Waals surface area contributed by atoms with Gasteiger partial charge in [-0.25, -0.2) is 9.78 Å². The molecule has 4 atom stereocenters. The van der Waals surface area contributed by atoms with E-state index < -0.39 is 0 Å². The molecule has 4 unspecified atom stereocenters. The zero-order valence-electron chi connectivity index (χ0n) is 20.0. The van der Waals surface area contributed by atoms with E-state index in [-0.39, 0.29) is 42.0 Å². The molecule has 3 aliphatic rings. The maximum absolute atomic E-state index is 13.0. The van der Waals surface area contributed by atoms with Gasteiger partial charge >= 0.3 is 6.03 Å². The van der Waals surface area contributed by atoms with Crippen molar-refractivity contribution in [2.45, 2.75) is 50.4 Å². The third-order valence-electron chi connectivity index (χ3n) is 7.24. The van der Waals surface area contributed by atoms with Gasteiger partial charge in [0, 0.05) is 65.6 Å². The van der Waals surface area contributed by atoms with Crippen molar-refractivity contribution >= 4 is 23.7 Å². The largest absolute Gasteiger partial charge is 0.379 e. The highest BCUT2D eigenvalue weighted by Gasteiger charge is 2.47. The summed E-state index contributed by atoms with van der Waals surface area (Å²) in [4.78, 5) is 48.0. The summed E-state index contributed by atoms with van der Waals surface area (Å²) in [5, 5.41) is 2.97. The number of ether oxygens (including phenoxy) is 2. The van der Waals surface area contributed by atoms with Crippen molar-refractivity contribution in [3.05, 3.63) is 24.4 Å². The molecule has 2 aliphatic heterocycles. The molecule has 0 bridgehead atoms. The molecular formula is C24H35N5O5. The van der Waals surface area contributed by atoms with Crippen LogP contribution in [0.3, 0.4) is 0 Å². The van der Waals surface area contributed by atoms with E-state index in [1.807, 2.05) is 23.1 Å². The van der Waals surface area contributed by atoms with E-state index in [9.17, 15) is 14.4 Å². The Hall–Kier alpha value is -2.72. The second-order valence-electron chi connectivity index (χ2n) is 9.18. The van der Waals surface area contributed by atoms with Gasteiger partial charge in [-0.15, -0.1) is 0 Å². The molecule has 10 heteroatoms. The topological polar surface area (TPSA) is 104 Å². The number of rotatable bonds is 8. The molecular weight excluding hydrogens is 438 g/mol. The fourth-order valence-corrected chi connectivity index (χ4v) is 5.24. The SMILES string of the molecule is COC1CC2NC(=O)N(CCCCC(=O)N3CCN(c4ccccn4)CC3)C(=O)C2CC1OC. The lowest BCUT2D eigenvalue weighted by Crippen LogP contribution is -2.64. The summed E-state index contributed by atoms with van der Waals surface area (Å²) < 4.78 is 11.0. The highest BCUT2D eigenvalue weighted by atomic mass is 16.5. The van der Waals surface area contributed by atoms with Crippen LogP contribution in [0.15, 0.2) is 24.4 Å². The van der Waals surface area contributed by atoms with E-state index >= 15 is 0 Å². The van der Waals surface area contributed by atoms with Crippen molar-refractivity contribution in [3.8, 4) is 0 Å². The fraction of sp³-hybridized carbons (Fsp3) is 0.667. The Morgan fingerprint density at radius 2 is 1.79 bits per heavy atom. The van der Waals surface area contributed by atoms with E-state index in [4.69, 9.17) is 9.47 Å². The number of methoxy groups -OCH3 is 2. The summed E-state index contributed by atoms with van der Waals surface area (Å²) in [6.45, 7) is 3.20. The van der Waals surface area contributed by atoms with Crippen LogP contribution < -0.4 is 10.2 Å². The molecule has 186 valence electrons. The maximum atomic E-state index is 13.0. The number of nitrogens with zero attached hydrogens (tertiary/aromatic N) is 4. The van der Waals surface area contributed by atoms with Crippen LogP contribution in [0.25, 0.3) is 0 Å². The highest BCUT2D eigenvalue weighted by Crippen LogP contribution is 2.32. The van der Waals surface area contributed by atoms with Gasteiger partial charge in [0.15, 0.2) is 0 Å². The van der Waals surface area contributed by atoms with Crippen molar-refractivity contribution in [2.75, 3.05) is 51.8 Å². The van der Waals surface area contributed by atoms with Gasteiger partial charge in [0.1, 0.15) is 5.82 Å². The number of urea groups is 1. The van der Waals surface area contributed by atoms with Crippen LogP contribution >= 0.6 is 0 Å². The minimum absolute atomic E-state index is 0.121. The molecule has 1 N–H and O–H groups in total. The number of anilines is 1. The second-order valence-corrected chi connectivity index (χ2v) is 9.18. The molecule has 4 amide bonds. The molecule has 1 saturated carbocycles. The van der Waals surface area contributed by atoms with Gasteiger partial charge in [-0.1, -0.05) is 6.07 Å². The Labute approximate surface area is 200 Å². The molecule has 1 aliphatic carbocycles. The number of piperazine rings is 1. The van der Waals surface area contributed by atoms with Crippen molar-refractivity contribution in [3.63, 3.8) is 0 Å². The third-order valence-corrected chi connectivity index (χ3v) is 7.24. The average molecular weight is 474 g/mol. The van der Waals surface area contributed by atoms with Crippen LogP contribution in [0.2, 0.25) is 0 Å². The Balaban J connectivity index is 1.20. The Morgan fingerprint density at radius 3 is 2.47 bits per heavy atom. The Morgan fingerprint density at radius 1 is 1.06 bits per heavy atom. The lowest BCUT2D eigenvalue weighted by atomic mass is 9.79. The summed E-state index contributed by atoms with van der Waals surface area (Å²) in [7, 11) is 3.24. The number of hydrogen-bond acceptors (Lipinski definition) is 7. The smallest absolute Gasteiger partial charge is 0.324 e. The third kappa shape index (κ3) is 5.33. The van der Waals surface area contributed by atoms with E-state index in [1.54, 1.807) is 20.4 Å². The van der Waals surface area contributed by atoms with E-state index in [1.165, 1.54) is 4.90 Å². The summed E-state index contributed by atoms with van der Waals surface area (Å²) >= 11 is 0. The molecule has 3 fully saturated rings. The number of nitrogens with one attached hydrogen (secondary N) is 1. The minimum Gasteiger partial charge on any atom is -0.379 e. The predicted octanol–water partition coefficient (Wildman–Crippen LogP) is 1.26. The summed E-state index contributed by atoms with van der Waals surface area (Å²) in [5.41, 5.74) is 0. The van der Waals surface area contributed by atoms with E-state index in [2.05, 4.69) is 15.2 Å². The summed E-state index contributed by atoms with van der Waals surface area (Å²) in [6.07, 6.45) is 4.22. The molecule has 1 aromatic heterocycles. The molecule has 1 aromatic rings. The molecule has 4 rings (SSSR count). The van der Waals surface area contributed by atoms with Crippen LogP contribution in [-0.2, 0) is 19.1 Å². The monoisotopic (exact) mass is 473 g/mol. The van der Waals surface area contributed by atoms with Crippen molar-refractivity contribution in [1.29, 1.82) is 0 Å². The van der Waals surface area contributed by atoms with Gasteiger partial charge in [0.05, 0.1) is 18.1 Å². The number of unbranched alkanes of at least 4 members (excludes halogenated alkanes) is 1. The van der Waals surface area contributed by atoms with Gasteiger partial charge in [0.2, 0.25) is 11.8 Å². The van der Waals surface area contributed by atoms with Crippen LogP contribution in [0.4, 0.5) is 10.6 Å². The van der Waals surface area contributed by atoms with Crippen molar-refractivity contribution in [2.24, 2.45) is 5.92 Å². The van der Waals surface area contributed by atoms with Gasteiger partial charge in [-0.05, 0) is 37.8 Å². The highest BCUT2D eigenvalue weighted by molar-refractivity contribution is 5.98. The van der Waals surface area contributed by atoms with Crippen LogP contribution in [-0.4, -0.2) is 97.8 Å². The molecule has 3 heterocycles. The number of amides is 4. The van der Waals surface area contributed by atoms with Gasteiger partial charge in [-0.2, -0.15) is 0 Å². The van der Waals surface area contributed by atoms with Crippen molar-refractivity contribution in [1.82, 2.24) is 20.1 Å². The molecule has 0 spiro atoms. The van der Waals surface area contributed by atoms with E-state index in [0.717, 1.165) is 18.9 Å². The normalized spacial score (nSPS) is 27.4. The Bertz CT molecular complexity index is 861. The number of fused-ring (bicyclic) bond motifs is 1. The zero-order chi connectivity index (χ0) is 24.1. The number of carbonyl (C=O) groups is 3. The van der Waals surface area contributed by atoms with E-state index in [0.29, 0.717) is 51.7 Å². The molecule has 10 nitrogen and oxygen atoms in total. The quantitative estimate of drug-likeness (QED) is 0.567. The standard InChI is InChI=1S/C24H35N5O5/c1-33-19-15-17-18(16-20(19)34-2)26-24(32)29(23(17)31)10-6-4-8-22(30)28-13-11-27(12-14-28)21-7-3-5-9-25-21/h3,5,7,9,17-20H,4,6,8,10-16H2,1-2H3,(H,26,32). The van der Waals surface area contributed by atoms with Crippen molar-refractivity contribution < 1.29 is 23.9 Å². The molecule has 2 saturated heterocycles. The first-order chi connectivity index (χ1) is 16.5. The van der Waals surface area contributed by atoms with Crippen LogP contribution in [0.5, 0.6) is 0 Å². The molecule has 0 radical (unpaired) electrons. The second kappa shape index (κ2) is 11.1. The first-order valence-corrected chi connectivity index (χ1v) is 12.1. The fourth-order valence-electron chi connectivity index (χ4n) is 5.24.